The minimum Gasteiger partial charge on any atom is -0.0602 e. The topological polar surface area (TPSA) is 51.2 Å². The van der Waals surface area contributed by atoms with Crippen LogP contribution in [0.5, 0.6) is 23.0 Å². The van der Waals surface area contributed by atoms with Gasteiger partial charge in [0.1, 0.15) is 16.9 Å². The number of ether oxygens (including phenoxy) is 2. The van der Waals surface area contributed by atoms with Gasteiger partial charge in [-0.05, 0) is 18.2 Å². The Bertz CT molecular complexity index is 4600. The smallest absolute Gasteiger partial charge is 0.0602 e. The van der Waals surface area contributed by atoms with Crippen molar-refractivity contribution in [2.75, 3.05) is 9.80 Å². The molecule has 10 heteroatoms. The third kappa shape index (κ3) is 6.39. The fourth-order valence-electron chi connectivity index (χ4n) is 12.5. The van der Waals surface area contributed by atoms with Gasteiger partial charge in [-0.25, -0.2) is 0 Å². The van der Waals surface area contributed by atoms with Crippen LogP contribution in [0.15, 0.2) is 249 Å². The summed E-state index contributed by atoms with van der Waals surface area (Å²) in [5, 5.41) is 4.34. The van der Waals surface area contributed by atoms with Crippen molar-refractivity contribution in [1.82, 2.24) is 0 Å². The third-order valence-electron chi connectivity index (χ3n) is 15.6. The van der Waals surface area contributed by atoms with Crippen LogP contribution in [0.25, 0.3) is 43.9 Å². The van der Waals surface area contributed by atoms with Gasteiger partial charge in [0, 0.05) is 16.8 Å². The first-order chi connectivity index (χ1) is 37.6. The minimum atomic E-state index is -0.0869. The monoisotopic (exact) mass is 1060 g/mol. The van der Waals surface area contributed by atoms with Crippen molar-refractivity contribution in [2.24, 2.45) is 0 Å². The van der Waals surface area contributed by atoms with Gasteiger partial charge in [0.2, 0.25) is 0 Å². The molecule has 4 aliphatic heterocycles. The molecule has 0 radical (unpaired) electrons. The second-order valence-electron chi connectivity index (χ2n) is 19.9. The predicted molar refractivity (Wildman–Crippen MR) is 315 cm³/mol. The van der Waals surface area contributed by atoms with E-state index < -0.39 is 0 Å². The van der Waals surface area contributed by atoms with E-state index in [4.69, 9.17) is 18.3 Å². The van der Waals surface area contributed by atoms with Crippen molar-refractivity contribution in [3.8, 4) is 23.0 Å². The molecule has 0 amide bonds. The van der Waals surface area contributed by atoms with E-state index in [1.54, 1.807) is 0 Å². The van der Waals surface area contributed by atoms with Gasteiger partial charge in [-0.15, -0.1) is 0 Å². The summed E-state index contributed by atoms with van der Waals surface area (Å²) >= 11 is 1.94. The Balaban J connectivity index is 0.863. The van der Waals surface area contributed by atoms with Crippen LogP contribution in [0.3, 0.4) is 0 Å². The van der Waals surface area contributed by atoms with E-state index in [2.05, 4.69) is 204 Å². The molecule has 2 aromatic heterocycles. The van der Waals surface area contributed by atoms with Gasteiger partial charge in [-0.3, -0.25) is 0 Å². The molecule has 0 aliphatic carbocycles. The number of hydrogen-bond donors (Lipinski definition) is 0. The van der Waals surface area contributed by atoms with E-state index >= 15 is 0 Å². The average Bonchev–Trinajstić information content (AvgIpc) is 4.12. The molecular formula is C66H38B2N2O4SSe. The van der Waals surface area contributed by atoms with Crippen molar-refractivity contribution in [2.45, 2.75) is 9.79 Å². The Morgan fingerprint density at radius 1 is 0.342 bits per heavy atom. The first kappa shape index (κ1) is 42.6. The van der Waals surface area contributed by atoms with Gasteiger partial charge in [0.15, 0.2) is 0 Å². The van der Waals surface area contributed by atoms with Gasteiger partial charge < -0.3 is 4.42 Å². The van der Waals surface area contributed by atoms with Crippen molar-refractivity contribution in [3.05, 3.63) is 231 Å². The Hall–Kier alpha value is -8.78. The van der Waals surface area contributed by atoms with Gasteiger partial charge in [-0.2, -0.15) is 0 Å². The molecule has 13 aromatic rings. The van der Waals surface area contributed by atoms with E-state index in [9.17, 15) is 0 Å². The van der Waals surface area contributed by atoms with Crippen LogP contribution in [0.4, 0.5) is 34.1 Å². The summed E-state index contributed by atoms with van der Waals surface area (Å²) in [5.74, 6) is 3.02. The zero-order valence-electron chi connectivity index (χ0n) is 40.4. The number of hydrogen-bond acceptors (Lipinski definition) is 7. The second-order valence-corrected chi connectivity index (χ2v) is 23.2. The maximum absolute atomic E-state index is 7.06. The normalized spacial score (nSPS) is 13.6. The van der Waals surface area contributed by atoms with Gasteiger partial charge >= 0.3 is 358 Å². The van der Waals surface area contributed by atoms with E-state index in [0.717, 1.165) is 95.2 Å². The number of benzene rings is 11. The number of anilines is 6. The number of furan rings is 2. The van der Waals surface area contributed by atoms with Crippen LogP contribution in [0.2, 0.25) is 0 Å². The Kier molecular flexibility index (Phi) is 9.16. The quantitative estimate of drug-likeness (QED) is 0.154. The van der Waals surface area contributed by atoms with Crippen LogP contribution in [-0.2, 0) is 0 Å². The molecule has 0 atom stereocenters. The number of para-hydroxylation sites is 5. The SMILES string of the molecule is c1ccc(N2c3ccccc3B3c4cc5c(cc4N(c4ccccc4)c4cc(Oc6ccc7c(c6)oc6ccccc67)cc2c43)Sc2cc(Oc3ccc4c(c3)oc3ccccc34)cc3c2B5c2ccccc2[Se]3)cc1. The standard InChI is InChI=1S/C66H38B2N2O4SSe/c1-3-15-39(16-4-1)69-53-23-11-9-21-49(53)67-51-37-52-61(75-62-35-44(36-64-66(62)68(52)50-22-10-14-26-63(50)76-64)72-42-28-30-48-46-20-8-13-25-58(46)74-60(48)34-42)38-54(51)70(40-17-5-2-6-18-40)56-32-43(31-55(69)65(56)67)71-41-27-29-47-45-19-7-12-24-57(45)73-59(47)33-41/h1-38H. The molecular weight excluding hydrogens is 1020 g/mol. The van der Waals surface area contributed by atoms with Crippen molar-refractivity contribution < 1.29 is 18.3 Å². The molecule has 0 unspecified atom stereocenters. The van der Waals surface area contributed by atoms with E-state index in [1.165, 1.54) is 51.5 Å². The molecule has 11 aromatic carbocycles. The summed E-state index contributed by atoms with van der Waals surface area (Å²) in [4.78, 5) is 7.37. The van der Waals surface area contributed by atoms with Crippen LogP contribution in [0.1, 0.15) is 0 Å². The first-order valence-electron chi connectivity index (χ1n) is 25.6. The minimum absolute atomic E-state index is 0.0462. The Morgan fingerprint density at radius 3 is 1.55 bits per heavy atom. The molecule has 17 rings (SSSR count). The molecule has 4 aliphatic rings. The average molecular weight is 1060 g/mol. The van der Waals surface area contributed by atoms with Crippen LogP contribution < -0.4 is 61.0 Å². The predicted octanol–water partition coefficient (Wildman–Crippen LogP) is 12.1. The maximum atomic E-state index is 7.06. The summed E-state index contributed by atoms with van der Waals surface area (Å²) in [6.07, 6.45) is 0. The molecule has 0 saturated carbocycles. The van der Waals surface area contributed by atoms with E-state index in [-0.39, 0.29) is 28.4 Å². The Labute approximate surface area is 448 Å². The molecule has 0 N–H and O–H groups in total. The molecule has 0 bridgehead atoms. The summed E-state index contributed by atoms with van der Waals surface area (Å²) in [6, 6.07) is 82.6. The van der Waals surface area contributed by atoms with Gasteiger partial charge in [0.05, 0.1) is 0 Å². The van der Waals surface area contributed by atoms with E-state index in [1.807, 2.05) is 48.2 Å². The fourth-order valence-corrected chi connectivity index (χ4v) is 16.4. The number of rotatable bonds is 6. The van der Waals surface area contributed by atoms with E-state index in [0.29, 0.717) is 5.75 Å². The van der Waals surface area contributed by atoms with Crippen molar-refractivity contribution in [3.63, 3.8) is 0 Å². The summed E-state index contributed by atoms with van der Waals surface area (Å²) in [5.41, 5.74) is 17.8. The number of fused-ring (bicyclic) bond motifs is 14. The Morgan fingerprint density at radius 2 is 0.882 bits per heavy atom. The van der Waals surface area contributed by atoms with Crippen LogP contribution in [0, 0.1) is 0 Å². The molecule has 6 heterocycles. The van der Waals surface area contributed by atoms with Gasteiger partial charge in [0.25, 0.3) is 0 Å². The zero-order valence-corrected chi connectivity index (χ0v) is 43.0. The first-order valence-corrected chi connectivity index (χ1v) is 28.1. The summed E-state index contributed by atoms with van der Waals surface area (Å²) in [6.45, 7) is -0.0407. The third-order valence-corrected chi connectivity index (χ3v) is 19.2. The number of nitrogens with zero attached hydrogens (tertiary/aromatic N) is 2. The molecule has 354 valence electrons. The van der Waals surface area contributed by atoms with Crippen molar-refractivity contribution in [1.29, 1.82) is 0 Å². The van der Waals surface area contributed by atoms with Crippen molar-refractivity contribution >= 4 is 160 Å². The molecule has 0 fully saturated rings. The van der Waals surface area contributed by atoms with Crippen LogP contribution >= 0.6 is 11.8 Å². The molecule has 76 heavy (non-hydrogen) atoms. The zero-order chi connectivity index (χ0) is 49.6. The summed E-state index contributed by atoms with van der Waals surface area (Å²) < 4.78 is 29.4. The summed E-state index contributed by atoms with van der Waals surface area (Å²) in [7, 11) is 0. The second kappa shape index (κ2) is 16.4. The fraction of sp³-hybridized carbons (Fsp3) is 0. The van der Waals surface area contributed by atoms with Gasteiger partial charge in [-0.1, -0.05) is 36.4 Å². The molecule has 0 spiro atoms. The molecule has 0 saturated heterocycles. The van der Waals surface area contributed by atoms with Crippen LogP contribution in [-0.4, -0.2) is 28.4 Å². The molecule has 6 nitrogen and oxygen atoms in total.